The number of ether oxygens (including phenoxy) is 3. The molecule has 0 aromatic rings. The number of carbonyl (C=O) groups excluding carboxylic acids is 2. The normalized spacial score (nSPS) is 9.79. The van der Waals surface area contributed by atoms with Crippen LogP contribution in [0.5, 0.6) is 0 Å². The van der Waals surface area contributed by atoms with E-state index >= 15 is 0 Å². The van der Waals surface area contributed by atoms with E-state index in [-0.39, 0.29) is 19.8 Å². The number of unbranched alkanes of at least 4 members (excludes halogenated alkanes) is 1. The van der Waals surface area contributed by atoms with Gasteiger partial charge in [0.05, 0.1) is 13.2 Å². The average molecular weight is 273 g/mol. The highest BCUT2D eigenvalue weighted by Gasteiger charge is 2.04. The maximum absolute atomic E-state index is 11.2. The van der Waals surface area contributed by atoms with Crippen molar-refractivity contribution in [2.45, 2.75) is 26.7 Å². The zero-order valence-electron chi connectivity index (χ0n) is 11.7. The molecule has 110 valence electrons. The predicted molar refractivity (Wildman–Crippen MR) is 70.9 cm³/mol. The number of alkyl carbamates (subject to hydrolysis) is 1. The van der Waals surface area contributed by atoms with Crippen LogP contribution in [-0.2, 0) is 19.0 Å². The second-order valence-electron chi connectivity index (χ2n) is 3.94. The van der Waals surface area contributed by atoms with E-state index in [1.54, 1.807) is 6.92 Å². The molecule has 0 bridgehead atoms. The maximum atomic E-state index is 11.2. The Morgan fingerprint density at radius 1 is 1.11 bits per heavy atom. The topological polar surface area (TPSA) is 73.9 Å². The Labute approximate surface area is 114 Å². The Balaban J connectivity index is 3.35. The molecular formula is C13H23NO5. The molecule has 0 rings (SSSR count). The molecule has 0 aliphatic heterocycles. The summed E-state index contributed by atoms with van der Waals surface area (Å²) in [6.45, 7) is 8.64. The van der Waals surface area contributed by atoms with Gasteiger partial charge in [-0.2, -0.15) is 0 Å². The first-order valence-electron chi connectivity index (χ1n) is 6.39. The van der Waals surface area contributed by atoms with Crippen molar-refractivity contribution in [1.82, 2.24) is 5.32 Å². The molecule has 0 fully saturated rings. The molecule has 0 unspecified atom stereocenters. The fourth-order valence-corrected chi connectivity index (χ4v) is 1.01. The van der Waals surface area contributed by atoms with E-state index in [1.807, 2.05) is 0 Å². The molecule has 0 saturated heterocycles. The van der Waals surface area contributed by atoms with Crippen LogP contribution in [-0.4, -0.2) is 45.0 Å². The van der Waals surface area contributed by atoms with Crippen molar-refractivity contribution in [2.75, 3.05) is 33.0 Å². The molecule has 0 aliphatic carbocycles. The number of hydrogen-bond acceptors (Lipinski definition) is 5. The van der Waals surface area contributed by atoms with Gasteiger partial charge in [0.1, 0.15) is 13.2 Å². The van der Waals surface area contributed by atoms with Gasteiger partial charge in [0.15, 0.2) is 0 Å². The van der Waals surface area contributed by atoms with E-state index in [9.17, 15) is 9.59 Å². The van der Waals surface area contributed by atoms with Crippen molar-refractivity contribution in [3.63, 3.8) is 0 Å². The Hall–Kier alpha value is -1.56. The van der Waals surface area contributed by atoms with Gasteiger partial charge in [-0.1, -0.05) is 19.9 Å². The van der Waals surface area contributed by atoms with E-state index in [0.29, 0.717) is 18.8 Å². The Bertz CT molecular complexity index is 291. The van der Waals surface area contributed by atoms with Gasteiger partial charge in [-0.3, -0.25) is 0 Å². The van der Waals surface area contributed by atoms with Gasteiger partial charge < -0.3 is 19.5 Å². The van der Waals surface area contributed by atoms with Crippen molar-refractivity contribution in [3.8, 4) is 0 Å². The zero-order chi connectivity index (χ0) is 14.5. The highest BCUT2D eigenvalue weighted by Crippen LogP contribution is 1.91. The highest BCUT2D eigenvalue weighted by molar-refractivity contribution is 5.86. The minimum atomic E-state index is -0.550. The second kappa shape index (κ2) is 11.5. The maximum Gasteiger partial charge on any atom is 0.407 e. The third kappa shape index (κ3) is 11.3. The molecule has 1 amide bonds. The van der Waals surface area contributed by atoms with Crippen LogP contribution in [0.15, 0.2) is 12.2 Å². The molecule has 0 heterocycles. The SMILES string of the molecule is C=C(C)C(=O)OCCNC(=O)OCCOCCCC. The van der Waals surface area contributed by atoms with Crippen molar-refractivity contribution < 1.29 is 23.8 Å². The summed E-state index contributed by atoms with van der Waals surface area (Å²) in [5.74, 6) is -0.473. The van der Waals surface area contributed by atoms with E-state index < -0.39 is 12.1 Å². The number of rotatable bonds is 10. The first-order chi connectivity index (χ1) is 9.07. The van der Waals surface area contributed by atoms with Crippen LogP contribution >= 0.6 is 0 Å². The lowest BCUT2D eigenvalue weighted by Crippen LogP contribution is -2.29. The van der Waals surface area contributed by atoms with E-state index in [0.717, 1.165) is 12.8 Å². The molecule has 1 N–H and O–H groups in total. The minimum Gasteiger partial charge on any atom is -0.460 e. The number of nitrogens with one attached hydrogen (secondary N) is 1. The number of hydrogen-bond donors (Lipinski definition) is 1. The van der Waals surface area contributed by atoms with Crippen LogP contribution in [0.3, 0.4) is 0 Å². The van der Waals surface area contributed by atoms with Gasteiger partial charge in [-0.25, -0.2) is 9.59 Å². The average Bonchev–Trinajstić information content (AvgIpc) is 2.38. The van der Waals surface area contributed by atoms with Gasteiger partial charge >= 0.3 is 12.1 Å². The lowest BCUT2D eigenvalue weighted by Gasteiger charge is -2.08. The van der Waals surface area contributed by atoms with Gasteiger partial charge in [0.2, 0.25) is 0 Å². The largest absolute Gasteiger partial charge is 0.460 e. The number of esters is 1. The van der Waals surface area contributed by atoms with Crippen molar-refractivity contribution in [3.05, 3.63) is 12.2 Å². The quantitative estimate of drug-likeness (QED) is 0.372. The summed E-state index contributed by atoms with van der Waals surface area (Å²) in [5, 5.41) is 2.46. The van der Waals surface area contributed by atoms with Crippen molar-refractivity contribution >= 4 is 12.1 Å². The molecule has 0 aromatic heterocycles. The zero-order valence-corrected chi connectivity index (χ0v) is 11.7. The molecule has 19 heavy (non-hydrogen) atoms. The summed E-state index contributed by atoms with van der Waals surface area (Å²) in [6, 6.07) is 0. The molecule has 0 spiro atoms. The number of amides is 1. The first-order valence-corrected chi connectivity index (χ1v) is 6.39. The molecule has 0 aromatic carbocycles. The third-order valence-corrected chi connectivity index (χ3v) is 2.06. The Morgan fingerprint density at radius 3 is 2.47 bits per heavy atom. The summed E-state index contributed by atoms with van der Waals surface area (Å²) in [7, 11) is 0. The predicted octanol–water partition coefficient (Wildman–Crippen LogP) is 1.65. The second-order valence-corrected chi connectivity index (χ2v) is 3.94. The van der Waals surface area contributed by atoms with Crippen LogP contribution in [0.4, 0.5) is 4.79 Å². The Kier molecular flexibility index (Phi) is 10.6. The molecule has 0 aliphatic rings. The van der Waals surface area contributed by atoms with Crippen LogP contribution in [0.25, 0.3) is 0 Å². The summed E-state index contributed by atoms with van der Waals surface area (Å²) in [5.41, 5.74) is 0.326. The minimum absolute atomic E-state index is 0.0911. The van der Waals surface area contributed by atoms with Crippen molar-refractivity contribution in [1.29, 1.82) is 0 Å². The van der Waals surface area contributed by atoms with E-state index in [1.165, 1.54) is 0 Å². The van der Waals surface area contributed by atoms with Gasteiger partial charge in [-0.05, 0) is 13.3 Å². The van der Waals surface area contributed by atoms with E-state index in [2.05, 4.69) is 18.8 Å². The van der Waals surface area contributed by atoms with E-state index in [4.69, 9.17) is 14.2 Å². The molecule has 0 radical (unpaired) electrons. The van der Waals surface area contributed by atoms with Gasteiger partial charge in [0.25, 0.3) is 0 Å². The summed E-state index contributed by atoms with van der Waals surface area (Å²) in [4.78, 5) is 22.2. The van der Waals surface area contributed by atoms with Gasteiger partial charge in [0, 0.05) is 12.2 Å². The molecule has 6 heteroatoms. The number of carbonyl (C=O) groups is 2. The molecule has 0 atom stereocenters. The van der Waals surface area contributed by atoms with Crippen LogP contribution in [0, 0.1) is 0 Å². The van der Waals surface area contributed by atoms with Crippen molar-refractivity contribution in [2.24, 2.45) is 0 Å². The summed E-state index contributed by atoms with van der Waals surface area (Å²) < 4.78 is 14.9. The van der Waals surface area contributed by atoms with Crippen LogP contribution < -0.4 is 5.32 Å². The smallest absolute Gasteiger partial charge is 0.407 e. The lowest BCUT2D eigenvalue weighted by molar-refractivity contribution is -0.138. The molecule has 6 nitrogen and oxygen atoms in total. The summed E-state index contributed by atoms with van der Waals surface area (Å²) in [6.07, 6.45) is 1.52. The highest BCUT2D eigenvalue weighted by atomic mass is 16.6. The fraction of sp³-hybridized carbons (Fsp3) is 0.692. The third-order valence-electron chi connectivity index (χ3n) is 2.06. The summed E-state index contributed by atoms with van der Waals surface area (Å²) >= 11 is 0. The fourth-order valence-electron chi connectivity index (χ4n) is 1.01. The van der Waals surface area contributed by atoms with Gasteiger partial charge in [-0.15, -0.1) is 0 Å². The molecular weight excluding hydrogens is 250 g/mol. The van der Waals surface area contributed by atoms with Crippen LogP contribution in [0.1, 0.15) is 26.7 Å². The monoisotopic (exact) mass is 273 g/mol. The lowest BCUT2D eigenvalue weighted by atomic mass is 10.4. The van der Waals surface area contributed by atoms with Crippen LogP contribution in [0.2, 0.25) is 0 Å². The standard InChI is InChI=1S/C13H23NO5/c1-4-5-7-17-9-10-19-13(16)14-6-8-18-12(15)11(2)3/h2,4-10H2,1,3H3,(H,14,16). The Morgan fingerprint density at radius 2 is 1.84 bits per heavy atom. The molecule has 0 saturated carbocycles. The first kappa shape index (κ1) is 17.4.